The Bertz CT molecular complexity index is 1360. The maximum Gasteiger partial charge on any atom is 0.162 e. The van der Waals surface area contributed by atoms with Crippen molar-refractivity contribution in [2.24, 2.45) is 0 Å². The molecule has 3 heterocycles. The molecule has 3 aromatic carbocycles. The summed E-state index contributed by atoms with van der Waals surface area (Å²) in [6.45, 7) is 2.34. The third-order valence-corrected chi connectivity index (χ3v) is 7.82. The van der Waals surface area contributed by atoms with Gasteiger partial charge in [-0.2, -0.15) is 0 Å². The van der Waals surface area contributed by atoms with Gasteiger partial charge in [-0.05, 0) is 65.4 Å². The van der Waals surface area contributed by atoms with Crippen LogP contribution < -0.4 is 9.47 Å². The molecule has 5 nitrogen and oxygen atoms in total. The van der Waals surface area contributed by atoms with Gasteiger partial charge in [-0.15, -0.1) is 0 Å². The van der Waals surface area contributed by atoms with E-state index in [1.54, 1.807) is 7.11 Å². The number of hydrogen-bond donors (Lipinski definition) is 1. The fourth-order valence-corrected chi connectivity index (χ4v) is 5.85. The SMILES string of the molecule is C.COc1cc2c(cc1OCc1ccc(Br)cc1)C1Cc3c(n(CO)c4ccccc34)CN1CC2. The summed E-state index contributed by atoms with van der Waals surface area (Å²) in [5, 5.41) is 11.4. The Hall–Kier alpha value is -2.80. The van der Waals surface area contributed by atoms with Gasteiger partial charge in [-0.25, -0.2) is 0 Å². The summed E-state index contributed by atoms with van der Waals surface area (Å²) < 4.78 is 15.1. The number of aliphatic hydroxyl groups excluding tert-OH is 1. The van der Waals surface area contributed by atoms with E-state index in [-0.39, 0.29) is 20.2 Å². The van der Waals surface area contributed by atoms with Crippen molar-refractivity contribution in [3.63, 3.8) is 0 Å². The van der Waals surface area contributed by atoms with Gasteiger partial charge in [0.1, 0.15) is 13.3 Å². The van der Waals surface area contributed by atoms with Crippen LogP contribution in [0.15, 0.2) is 65.1 Å². The van der Waals surface area contributed by atoms with Crippen LogP contribution in [0.3, 0.4) is 0 Å². The smallest absolute Gasteiger partial charge is 0.162 e. The summed E-state index contributed by atoms with van der Waals surface area (Å²) in [4.78, 5) is 2.54. The highest BCUT2D eigenvalue weighted by atomic mass is 79.9. The lowest BCUT2D eigenvalue weighted by Crippen LogP contribution is -2.39. The van der Waals surface area contributed by atoms with E-state index < -0.39 is 0 Å². The van der Waals surface area contributed by atoms with Gasteiger partial charge >= 0.3 is 0 Å². The molecule has 1 atom stereocenters. The summed E-state index contributed by atoms with van der Waals surface area (Å²) in [5.74, 6) is 1.58. The first-order valence-electron chi connectivity index (χ1n) is 11.7. The van der Waals surface area contributed by atoms with Gasteiger partial charge in [0.15, 0.2) is 11.5 Å². The lowest BCUT2D eigenvalue weighted by Gasteiger charge is -2.41. The van der Waals surface area contributed by atoms with Crippen LogP contribution >= 0.6 is 15.9 Å². The van der Waals surface area contributed by atoms with E-state index in [1.807, 2.05) is 18.2 Å². The average molecular weight is 535 g/mol. The van der Waals surface area contributed by atoms with Crippen molar-refractivity contribution < 1.29 is 14.6 Å². The summed E-state index contributed by atoms with van der Waals surface area (Å²) >= 11 is 3.49. The molecule has 0 saturated carbocycles. The minimum atomic E-state index is 0. The number of rotatable bonds is 5. The Morgan fingerprint density at radius 1 is 1.06 bits per heavy atom. The first-order chi connectivity index (χ1) is 16.7. The molecule has 0 fully saturated rings. The topological polar surface area (TPSA) is 46.9 Å². The molecule has 182 valence electrons. The van der Waals surface area contributed by atoms with E-state index in [0.717, 1.165) is 53.0 Å². The molecular weight excluding hydrogens is 504 g/mol. The lowest BCUT2D eigenvalue weighted by atomic mass is 9.85. The predicted octanol–water partition coefficient (Wildman–Crippen LogP) is 6.23. The van der Waals surface area contributed by atoms with Gasteiger partial charge < -0.3 is 19.1 Å². The number of fused-ring (bicyclic) bond motifs is 6. The molecule has 0 saturated heterocycles. The molecular formula is C29H31BrN2O3. The number of ether oxygens (including phenoxy) is 2. The summed E-state index contributed by atoms with van der Waals surface area (Å²) in [6, 6.07) is 21.3. The second-order valence-corrected chi connectivity index (χ2v) is 9.98. The Balaban J connectivity index is 0.00000253. The van der Waals surface area contributed by atoms with E-state index in [9.17, 15) is 5.11 Å². The fourth-order valence-electron chi connectivity index (χ4n) is 5.59. The maximum absolute atomic E-state index is 10.1. The van der Waals surface area contributed by atoms with E-state index in [1.165, 1.54) is 27.8 Å². The first-order valence-corrected chi connectivity index (χ1v) is 12.5. The molecule has 1 unspecified atom stereocenters. The molecule has 6 heteroatoms. The largest absolute Gasteiger partial charge is 0.493 e. The van der Waals surface area contributed by atoms with E-state index in [4.69, 9.17) is 9.47 Å². The monoisotopic (exact) mass is 534 g/mol. The molecule has 0 bridgehead atoms. The van der Waals surface area contributed by atoms with E-state index >= 15 is 0 Å². The minimum Gasteiger partial charge on any atom is -0.493 e. The third kappa shape index (κ3) is 4.14. The van der Waals surface area contributed by atoms with Crippen LogP contribution in [0.25, 0.3) is 10.9 Å². The van der Waals surface area contributed by atoms with Gasteiger partial charge in [0.2, 0.25) is 0 Å². The molecule has 1 N–H and O–H groups in total. The zero-order valence-electron chi connectivity index (χ0n) is 19.1. The molecule has 2 aliphatic heterocycles. The van der Waals surface area contributed by atoms with Crippen LogP contribution in [-0.4, -0.2) is 28.2 Å². The maximum atomic E-state index is 10.1. The van der Waals surface area contributed by atoms with Crippen LogP contribution in [-0.2, 0) is 32.7 Å². The normalized spacial score (nSPS) is 16.7. The van der Waals surface area contributed by atoms with Crippen LogP contribution in [0.5, 0.6) is 11.5 Å². The Labute approximate surface area is 215 Å². The highest BCUT2D eigenvalue weighted by molar-refractivity contribution is 9.10. The van der Waals surface area contributed by atoms with Crippen LogP contribution in [0.4, 0.5) is 0 Å². The zero-order valence-corrected chi connectivity index (χ0v) is 20.7. The van der Waals surface area contributed by atoms with Crippen LogP contribution in [0.1, 0.15) is 41.4 Å². The fraction of sp³-hybridized carbons (Fsp3) is 0.310. The van der Waals surface area contributed by atoms with Crippen molar-refractivity contribution in [1.29, 1.82) is 0 Å². The standard InChI is InChI=1S/C28H27BrN2O3.CH4/c1-33-27-12-19-10-11-30-15-26-23(21-4-2-3-5-24(21)31(26)17-32)13-25(30)22(19)14-28(27)34-16-18-6-8-20(29)9-7-18;/h2-9,12,14,25,32H,10-11,13,15-17H2,1H3;1H4. The molecule has 2 aliphatic rings. The van der Waals surface area contributed by atoms with Crippen molar-refractivity contribution in [2.45, 2.75) is 46.2 Å². The number of hydrogen-bond acceptors (Lipinski definition) is 4. The Kier molecular flexibility index (Phi) is 6.62. The number of aromatic nitrogens is 1. The lowest BCUT2D eigenvalue weighted by molar-refractivity contribution is 0.145. The molecule has 1 aromatic heterocycles. The molecule has 0 spiro atoms. The number of nitrogens with zero attached hydrogens (tertiary/aromatic N) is 2. The van der Waals surface area contributed by atoms with E-state index in [0.29, 0.717) is 6.61 Å². The number of para-hydroxylation sites is 1. The Morgan fingerprint density at radius 2 is 1.86 bits per heavy atom. The Morgan fingerprint density at radius 3 is 2.63 bits per heavy atom. The quantitative estimate of drug-likeness (QED) is 0.329. The third-order valence-electron chi connectivity index (χ3n) is 7.29. The number of aliphatic hydroxyl groups is 1. The second-order valence-electron chi connectivity index (χ2n) is 9.07. The highest BCUT2D eigenvalue weighted by Crippen LogP contribution is 2.44. The highest BCUT2D eigenvalue weighted by Gasteiger charge is 2.35. The van der Waals surface area contributed by atoms with Crippen LogP contribution in [0, 0.1) is 0 Å². The number of halogens is 1. The van der Waals surface area contributed by atoms with Crippen molar-refractivity contribution in [3.05, 3.63) is 93.1 Å². The predicted molar refractivity (Wildman–Crippen MR) is 143 cm³/mol. The van der Waals surface area contributed by atoms with E-state index in [2.05, 4.69) is 67.9 Å². The summed E-state index contributed by atoms with van der Waals surface area (Å²) in [5.41, 5.74) is 7.48. The van der Waals surface area contributed by atoms with Gasteiger partial charge in [0, 0.05) is 34.7 Å². The van der Waals surface area contributed by atoms with Crippen molar-refractivity contribution in [2.75, 3.05) is 13.7 Å². The molecule has 0 amide bonds. The molecule has 0 radical (unpaired) electrons. The molecule has 0 aliphatic carbocycles. The van der Waals surface area contributed by atoms with Gasteiger partial charge in [0.05, 0.1) is 12.6 Å². The molecule has 6 rings (SSSR count). The number of benzene rings is 3. The van der Waals surface area contributed by atoms with Gasteiger partial charge in [-0.3, -0.25) is 4.90 Å². The van der Waals surface area contributed by atoms with Gasteiger partial charge in [-0.1, -0.05) is 53.7 Å². The summed E-state index contributed by atoms with van der Waals surface area (Å²) in [7, 11) is 1.71. The van der Waals surface area contributed by atoms with Gasteiger partial charge in [0.25, 0.3) is 0 Å². The second kappa shape index (κ2) is 9.69. The van der Waals surface area contributed by atoms with Crippen molar-refractivity contribution in [3.8, 4) is 11.5 Å². The number of methoxy groups -OCH3 is 1. The average Bonchev–Trinajstić information content (AvgIpc) is 3.19. The molecule has 4 aromatic rings. The zero-order chi connectivity index (χ0) is 23.2. The minimum absolute atomic E-state index is 0. The first kappa shape index (κ1) is 23.9. The van der Waals surface area contributed by atoms with Crippen molar-refractivity contribution in [1.82, 2.24) is 9.47 Å². The van der Waals surface area contributed by atoms with Crippen LogP contribution in [0.2, 0.25) is 0 Å². The van der Waals surface area contributed by atoms with Crippen molar-refractivity contribution >= 4 is 26.8 Å². The molecule has 35 heavy (non-hydrogen) atoms. The summed E-state index contributed by atoms with van der Waals surface area (Å²) in [6.07, 6.45) is 1.90.